The van der Waals surface area contributed by atoms with Crippen LogP contribution in [0.2, 0.25) is 0 Å². The van der Waals surface area contributed by atoms with E-state index in [0.29, 0.717) is 6.61 Å². The molecule has 0 aromatic heterocycles. The number of hydrogen-bond donors (Lipinski definition) is 2. The van der Waals surface area contributed by atoms with Crippen LogP contribution in [0.3, 0.4) is 0 Å². The van der Waals surface area contributed by atoms with Crippen LogP contribution in [-0.2, 0) is 14.3 Å². The lowest BCUT2D eigenvalue weighted by molar-refractivity contribution is -0.143. The molecule has 2 rings (SSSR count). The van der Waals surface area contributed by atoms with Gasteiger partial charge in [-0.25, -0.2) is 4.79 Å². The number of carbonyl (C=O) groups excluding carboxylic acids is 1. The predicted octanol–water partition coefficient (Wildman–Crippen LogP) is 3.33. The van der Waals surface area contributed by atoms with Gasteiger partial charge in [0, 0.05) is 23.4 Å². The van der Waals surface area contributed by atoms with Crippen LogP contribution < -0.4 is 5.32 Å². The van der Waals surface area contributed by atoms with E-state index in [1.165, 1.54) is 0 Å². The molecular weight excluding hydrogens is 374 g/mol. The Balaban J connectivity index is 1.87. The first-order valence-corrected chi connectivity index (χ1v) is 8.89. The molecule has 1 aliphatic carbocycles. The molecule has 6 heteroatoms. The quantitative estimate of drug-likeness (QED) is 0.739. The Morgan fingerprint density at radius 1 is 1.42 bits per heavy atom. The molecule has 2 N–H and O–H groups in total. The van der Waals surface area contributed by atoms with Crippen LogP contribution in [0.25, 0.3) is 0 Å². The SMILES string of the molecule is CC(C)(C)OCCC(NC(=O)C1CC1c1cccc(Br)c1)C(=O)O. The Hall–Kier alpha value is -1.40. The van der Waals surface area contributed by atoms with Crippen molar-refractivity contribution in [3.63, 3.8) is 0 Å². The molecule has 0 saturated heterocycles. The lowest BCUT2D eigenvalue weighted by Gasteiger charge is -2.21. The predicted molar refractivity (Wildman–Crippen MR) is 94.9 cm³/mol. The summed E-state index contributed by atoms with van der Waals surface area (Å²) in [5.41, 5.74) is 0.780. The Labute approximate surface area is 150 Å². The molecule has 3 unspecified atom stereocenters. The van der Waals surface area contributed by atoms with Crippen molar-refractivity contribution >= 4 is 27.8 Å². The summed E-state index contributed by atoms with van der Waals surface area (Å²) in [4.78, 5) is 23.7. The van der Waals surface area contributed by atoms with E-state index < -0.39 is 12.0 Å². The summed E-state index contributed by atoms with van der Waals surface area (Å²) in [6.45, 7) is 6.02. The topological polar surface area (TPSA) is 75.6 Å². The van der Waals surface area contributed by atoms with E-state index in [-0.39, 0.29) is 29.8 Å². The van der Waals surface area contributed by atoms with Gasteiger partial charge in [0.05, 0.1) is 5.60 Å². The second kappa shape index (κ2) is 7.66. The van der Waals surface area contributed by atoms with Gasteiger partial charge in [-0.3, -0.25) is 4.79 Å². The first-order valence-electron chi connectivity index (χ1n) is 8.10. The van der Waals surface area contributed by atoms with Gasteiger partial charge < -0.3 is 15.2 Å². The highest BCUT2D eigenvalue weighted by atomic mass is 79.9. The standard InChI is InChI=1S/C18H24BrNO4/c1-18(2,3)24-8-7-15(17(22)23)20-16(21)14-10-13(14)11-5-4-6-12(19)9-11/h4-6,9,13-15H,7-8,10H2,1-3H3,(H,20,21)(H,22,23). The molecule has 0 spiro atoms. The Kier molecular flexibility index (Phi) is 6.04. The lowest BCUT2D eigenvalue weighted by atomic mass is 10.1. The van der Waals surface area contributed by atoms with Crippen LogP contribution in [0.15, 0.2) is 28.7 Å². The summed E-state index contributed by atoms with van der Waals surface area (Å²) >= 11 is 3.43. The van der Waals surface area contributed by atoms with Crippen LogP contribution in [0.1, 0.15) is 45.1 Å². The van der Waals surface area contributed by atoms with E-state index in [9.17, 15) is 14.7 Å². The van der Waals surface area contributed by atoms with Gasteiger partial charge in [-0.2, -0.15) is 0 Å². The minimum absolute atomic E-state index is 0.148. The van der Waals surface area contributed by atoms with E-state index >= 15 is 0 Å². The highest BCUT2D eigenvalue weighted by molar-refractivity contribution is 9.10. The maximum atomic E-state index is 12.3. The smallest absolute Gasteiger partial charge is 0.326 e. The zero-order valence-corrected chi connectivity index (χ0v) is 15.8. The van der Waals surface area contributed by atoms with Crippen molar-refractivity contribution in [2.75, 3.05) is 6.61 Å². The maximum absolute atomic E-state index is 12.3. The first kappa shape index (κ1) is 18.9. The molecule has 1 fully saturated rings. The Morgan fingerprint density at radius 2 is 2.12 bits per heavy atom. The van der Waals surface area contributed by atoms with Crippen molar-refractivity contribution in [1.82, 2.24) is 5.32 Å². The Morgan fingerprint density at radius 3 is 2.71 bits per heavy atom. The number of carboxylic acid groups (broad SMARTS) is 1. The average Bonchev–Trinajstić information content (AvgIpc) is 3.25. The lowest BCUT2D eigenvalue weighted by Crippen LogP contribution is -2.42. The zero-order valence-electron chi connectivity index (χ0n) is 14.2. The van der Waals surface area contributed by atoms with E-state index in [4.69, 9.17) is 4.74 Å². The highest BCUT2D eigenvalue weighted by Crippen LogP contribution is 2.48. The van der Waals surface area contributed by atoms with Gasteiger partial charge in [0.25, 0.3) is 0 Å². The summed E-state index contributed by atoms with van der Waals surface area (Å²) in [5.74, 6) is -1.20. The number of benzene rings is 1. The van der Waals surface area contributed by atoms with Crippen molar-refractivity contribution in [3.05, 3.63) is 34.3 Å². The largest absolute Gasteiger partial charge is 0.480 e. The van der Waals surface area contributed by atoms with E-state index in [1.807, 2.05) is 45.0 Å². The fourth-order valence-corrected chi connectivity index (χ4v) is 3.03. The number of halogens is 1. The molecule has 5 nitrogen and oxygen atoms in total. The van der Waals surface area contributed by atoms with Gasteiger partial charge in [-0.1, -0.05) is 28.1 Å². The van der Waals surface area contributed by atoms with Crippen LogP contribution in [-0.4, -0.2) is 35.2 Å². The molecule has 1 saturated carbocycles. The number of amides is 1. The summed E-state index contributed by atoms with van der Waals surface area (Å²) in [5, 5.41) is 11.9. The molecule has 1 aromatic carbocycles. The van der Waals surface area contributed by atoms with Crippen LogP contribution >= 0.6 is 15.9 Å². The third-order valence-electron chi connectivity index (χ3n) is 3.96. The summed E-state index contributed by atoms with van der Waals surface area (Å²) in [7, 11) is 0. The molecule has 0 heterocycles. The van der Waals surface area contributed by atoms with Crippen molar-refractivity contribution < 1.29 is 19.4 Å². The highest BCUT2D eigenvalue weighted by Gasteiger charge is 2.44. The third-order valence-corrected chi connectivity index (χ3v) is 4.45. The van der Waals surface area contributed by atoms with Crippen LogP contribution in [0, 0.1) is 5.92 Å². The number of carbonyl (C=O) groups is 2. The molecule has 0 aliphatic heterocycles. The van der Waals surface area contributed by atoms with Gasteiger partial charge in [-0.05, 0) is 50.8 Å². The first-order chi connectivity index (χ1) is 11.2. The van der Waals surface area contributed by atoms with Gasteiger partial charge in [0.1, 0.15) is 6.04 Å². The van der Waals surface area contributed by atoms with Crippen molar-refractivity contribution in [2.45, 2.75) is 51.2 Å². The summed E-state index contributed by atoms with van der Waals surface area (Å²) in [6.07, 6.45) is 1.01. The van der Waals surface area contributed by atoms with E-state index in [1.54, 1.807) is 0 Å². The zero-order chi connectivity index (χ0) is 17.9. The molecule has 0 bridgehead atoms. The number of nitrogens with one attached hydrogen (secondary N) is 1. The minimum Gasteiger partial charge on any atom is -0.480 e. The number of rotatable bonds is 7. The van der Waals surface area contributed by atoms with Gasteiger partial charge in [0.15, 0.2) is 0 Å². The third kappa shape index (κ3) is 5.60. The molecule has 1 aliphatic rings. The minimum atomic E-state index is -1.03. The number of carboxylic acids is 1. The molecule has 1 amide bonds. The Bertz CT molecular complexity index is 611. The summed E-state index contributed by atoms with van der Waals surface area (Å²) < 4.78 is 6.53. The number of ether oxygens (including phenoxy) is 1. The maximum Gasteiger partial charge on any atom is 0.326 e. The second-order valence-corrected chi connectivity index (χ2v) is 8.07. The van der Waals surface area contributed by atoms with Crippen molar-refractivity contribution in [2.24, 2.45) is 5.92 Å². The van der Waals surface area contributed by atoms with Gasteiger partial charge >= 0.3 is 5.97 Å². The van der Waals surface area contributed by atoms with Crippen LogP contribution in [0.5, 0.6) is 0 Å². The van der Waals surface area contributed by atoms with Gasteiger partial charge in [0.2, 0.25) is 5.91 Å². The molecule has 0 radical (unpaired) electrons. The molecule has 132 valence electrons. The fraction of sp³-hybridized carbons (Fsp3) is 0.556. The summed E-state index contributed by atoms with van der Waals surface area (Å²) in [6, 6.07) is 6.97. The monoisotopic (exact) mass is 397 g/mol. The van der Waals surface area contributed by atoms with E-state index in [0.717, 1.165) is 16.5 Å². The number of aliphatic carboxylic acids is 1. The molecule has 24 heavy (non-hydrogen) atoms. The van der Waals surface area contributed by atoms with Crippen molar-refractivity contribution in [1.29, 1.82) is 0 Å². The molecular formula is C18H24BrNO4. The average molecular weight is 398 g/mol. The van der Waals surface area contributed by atoms with Crippen molar-refractivity contribution in [3.8, 4) is 0 Å². The molecule has 3 atom stereocenters. The molecule has 1 aromatic rings. The normalized spacial score (nSPS) is 21.2. The van der Waals surface area contributed by atoms with Gasteiger partial charge in [-0.15, -0.1) is 0 Å². The fourth-order valence-electron chi connectivity index (χ4n) is 2.61. The van der Waals surface area contributed by atoms with E-state index in [2.05, 4.69) is 21.2 Å². The number of hydrogen-bond acceptors (Lipinski definition) is 3. The van der Waals surface area contributed by atoms with Crippen LogP contribution in [0.4, 0.5) is 0 Å². The second-order valence-electron chi connectivity index (χ2n) is 7.15.